The lowest BCUT2D eigenvalue weighted by Crippen LogP contribution is -2.35. The second kappa shape index (κ2) is 5.85. The first-order valence-electron chi connectivity index (χ1n) is 7.96. The molecule has 7 nitrogen and oxygen atoms in total. The molecule has 0 amide bonds. The maximum Gasteiger partial charge on any atom is 0.167 e. The molecule has 0 radical (unpaired) electrons. The standard InChI is InChI=1S/C17H19N5O2/c18-15-14-16(20-10-19-15)22(11-21-14)13-6-7-17(9-23,24-13)8-12-4-2-1-3-5-12/h1-5,10-11,13,23H,6-9H2,(H2,18,19,20)/t13-,17-/m0/s1. The molecule has 1 aromatic carbocycles. The fourth-order valence-corrected chi connectivity index (χ4v) is 3.34. The van der Waals surface area contributed by atoms with Crippen molar-refractivity contribution in [2.24, 2.45) is 0 Å². The van der Waals surface area contributed by atoms with E-state index in [2.05, 4.69) is 27.1 Å². The van der Waals surface area contributed by atoms with E-state index in [1.165, 1.54) is 6.33 Å². The minimum absolute atomic E-state index is 0.0256. The van der Waals surface area contributed by atoms with Crippen LogP contribution < -0.4 is 5.73 Å². The monoisotopic (exact) mass is 325 g/mol. The van der Waals surface area contributed by atoms with E-state index in [0.29, 0.717) is 23.4 Å². The van der Waals surface area contributed by atoms with Crippen LogP contribution in [0.1, 0.15) is 24.6 Å². The van der Waals surface area contributed by atoms with Crippen LogP contribution in [0.3, 0.4) is 0 Å². The predicted octanol–water partition coefficient (Wildman–Crippen LogP) is 1.69. The van der Waals surface area contributed by atoms with Gasteiger partial charge in [0.05, 0.1) is 18.5 Å². The van der Waals surface area contributed by atoms with E-state index < -0.39 is 5.60 Å². The lowest BCUT2D eigenvalue weighted by Gasteiger charge is -2.27. The molecule has 0 spiro atoms. The van der Waals surface area contributed by atoms with E-state index in [4.69, 9.17) is 10.5 Å². The van der Waals surface area contributed by atoms with Gasteiger partial charge in [0.15, 0.2) is 11.5 Å². The first-order valence-corrected chi connectivity index (χ1v) is 7.96. The molecule has 3 N–H and O–H groups in total. The van der Waals surface area contributed by atoms with Crippen LogP contribution in [-0.4, -0.2) is 36.8 Å². The van der Waals surface area contributed by atoms with Crippen molar-refractivity contribution in [3.05, 3.63) is 48.5 Å². The number of ether oxygens (including phenoxy) is 1. The van der Waals surface area contributed by atoms with Crippen molar-refractivity contribution >= 4 is 17.0 Å². The molecule has 1 fully saturated rings. The van der Waals surface area contributed by atoms with E-state index in [1.807, 2.05) is 22.8 Å². The van der Waals surface area contributed by atoms with E-state index in [9.17, 15) is 5.11 Å². The predicted molar refractivity (Wildman–Crippen MR) is 89.1 cm³/mol. The minimum Gasteiger partial charge on any atom is -0.393 e. The molecule has 4 rings (SSSR count). The van der Waals surface area contributed by atoms with E-state index >= 15 is 0 Å². The number of nitrogens with zero attached hydrogens (tertiary/aromatic N) is 4. The van der Waals surface area contributed by atoms with Gasteiger partial charge >= 0.3 is 0 Å². The molecule has 1 aliphatic heterocycles. The van der Waals surface area contributed by atoms with Gasteiger partial charge in [-0.15, -0.1) is 0 Å². The Balaban J connectivity index is 1.61. The smallest absolute Gasteiger partial charge is 0.167 e. The molecular formula is C17H19N5O2. The third-order valence-electron chi connectivity index (χ3n) is 4.59. The summed E-state index contributed by atoms with van der Waals surface area (Å²) in [6, 6.07) is 10.1. The topological polar surface area (TPSA) is 99.1 Å². The number of aliphatic hydroxyl groups excluding tert-OH is 1. The van der Waals surface area contributed by atoms with Gasteiger partial charge in [-0.25, -0.2) is 15.0 Å². The Bertz CT molecular complexity index is 851. The Hall–Kier alpha value is -2.51. The number of nitrogen functional groups attached to an aromatic ring is 1. The summed E-state index contributed by atoms with van der Waals surface area (Å²) in [6.07, 6.45) is 5.10. The summed E-state index contributed by atoms with van der Waals surface area (Å²) < 4.78 is 8.14. The molecular weight excluding hydrogens is 306 g/mol. The number of aliphatic hydroxyl groups is 1. The molecule has 0 unspecified atom stereocenters. The van der Waals surface area contributed by atoms with Crippen molar-refractivity contribution in [2.45, 2.75) is 31.1 Å². The molecule has 0 saturated carbocycles. The number of hydrogen-bond acceptors (Lipinski definition) is 6. The fourth-order valence-electron chi connectivity index (χ4n) is 3.34. The average molecular weight is 325 g/mol. The average Bonchev–Trinajstić information content (AvgIpc) is 3.21. The SMILES string of the molecule is Nc1ncnc2c1ncn2[C@@H]1CC[C@@](CO)(Cc2ccccc2)O1. The molecule has 0 aliphatic carbocycles. The van der Waals surface area contributed by atoms with Gasteiger partial charge in [-0.1, -0.05) is 30.3 Å². The lowest BCUT2D eigenvalue weighted by molar-refractivity contribution is -0.0962. The van der Waals surface area contributed by atoms with Crippen molar-refractivity contribution in [1.82, 2.24) is 19.5 Å². The van der Waals surface area contributed by atoms with Crippen molar-refractivity contribution in [3.63, 3.8) is 0 Å². The van der Waals surface area contributed by atoms with Crippen molar-refractivity contribution < 1.29 is 9.84 Å². The Morgan fingerprint density at radius 1 is 1.25 bits per heavy atom. The highest BCUT2D eigenvalue weighted by Crippen LogP contribution is 2.39. The second-order valence-corrected chi connectivity index (χ2v) is 6.20. The summed E-state index contributed by atoms with van der Waals surface area (Å²) in [5, 5.41) is 9.96. The van der Waals surface area contributed by atoms with Crippen molar-refractivity contribution in [1.29, 1.82) is 0 Å². The van der Waals surface area contributed by atoms with Gasteiger partial charge in [0, 0.05) is 6.42 Å². The normalized spacial score (nSPS) is 23.8. The van der Waals surface area contributed by atoms with Crippen LogP contribution in [0.2, 0.25) is 0 Å². The molecule has 0 bridgehead atoms. The summed E-state index contributed by atoms with van der Waals surface area (Å²) in [6.45, 7) is -0.0256. The van der Waals surface area contributed by atoms with E-state index in [-0.39, 0.29) is 12.8 Å². The number of rotatable bonds is 4. The third kappa shape index (κ3) is 2.51. The summed E-state index contributed by atoms with van der Waals surface area (Å²) in [5.74, 6) is 0.356. The van der Waals surface area contributed by atoms with Crippen LogP contribution in [0, 0.1) is 0 Å². The number of hydrogen-bond donors (Lipinski definition) is 2. The number of benzene rings is 1. The van der Waals surface area contributed by atoms with Crippen molar-refractivity contribution in [2.75, 3.05) is 12.3 Å². The van der Waals surface area contributed by atoms with Gasteiger partial charge in [0.1, 0.15) is 18.1 Å². The third-order valence-corrected chi connectivity index (χ3v) is 4.59. The maximum absolute atomic E-state index is 9.96. The zero-order valence-electron chi connectivity index (χ0n) is 13.2. The van der Waals surface area contributed by atoms with Gasteiger partial charge in [-0.3, -0.25) is 4.57 Å². The van der Waals surface area contributed by atoms with Crippen LogP contribution in [0.25, 0.3) is 11.2 Å². The zero-order chi connectivity index (χ0) is 16.6. The molecule has 1 saturated heterocycles. The number of nitrogens with two attached hydrogens (primary N) is 1. The van der Waals surface area contributed by atoms with Gasteiger partial charge in [0.25, 0.3) is 0 Å². The Morgan fingerprint density at radius 3 is 2.88 bits per heavy atom. The number of fused-ring (bicyclic) bond motifs is 1. The quantitative estimate of drug-likeness (QED) is 0.757. The summed E-state index contributed by atoms with van der Waals surface area (Å²) in [5.41, 5.74) is 7.64. The van der Waals surface area contributed by atoms with Crippen LogP contribution in [0.15, 0.2) is 43.0 Å². The van der Waals surface area contributed by atoms with Crippen molar-refractivity contribution in [3.8, 4) is 0 Å². The molecule has 3 heterocycles. The Morgan fingerprint density at radius 2 is 2.08 bits per heavy atom. The highest BCUT2D eigenvalue weighted by atomic mass is 16.5. The first-order chi connectivity index (χ1) is 11.7. The molecule has 2 atom stereocenters. The first kappa shape index (κ1) is 15.0. The van der Waals surface area contributed by atoms with E-state index in [0.717, 1.165) is 18.4 Å². The van der Waals surface area contributed by atoms with E-state index in [1.54, 1.807) is 6.33 Å². The summed E-state index contributed by atoms with van der Waals surface area (Å²) in [7, 11) is 0. The molecule has 24 heavy (non-hydrogen) atoms. The van der Waals surface area contributed by atoms with Crippen LogP contribution in [0.5, 0.6) is 0 Å². The van der Waals surface area contributed by atoms with Crippen LogP contribution in [-0.2, 0) is 11.2 Å². The molecule has 3 aromatic rings. The van der Waals surface area contributed by atoms with Gasteiger partial charge in [0.2, 0.25) is 0 Å². The minimum atomic E-state index is -0.582. The Kier molecular flexibility index (Phi) is 3.66. The van der Waals surface area contributed by atoms with Crippen LogP contribution in [0.4, 0.5) is 5.82 Å². The second-order valence-electron chi connectivity index (χ2n) is 6.20. The van der Waals surface area contributed by atoms with Gasteiger partial charge in [-0.05, 0) is 18.4 Å². The fraction of sp³-hybridized carbons (Fsp3) is 0.353. The highest BCUT2D eigenvalue weighted by Gasteiger charge is 2.41. The lowest BCUT2D eigenvalue weighted by atomic mass is 9.92. The number of anilines is 1. The highest BCUT2D eigenvalue weighted by molar-refractivity contribution is 5.81. The van der Waals surface area contributed by atoms with Gasteiger partial charge in [-0.2, -0.15) is 0 Å². The molecule has 1 aliphatic rings. The number of imidazole rings is 1. The molecule has 7 heteroatoms. The largest absolute Gasteiger partial charge is 0.393 e. The summed E-state index contributed by atoms with van der Waals surface area (Å²) >= 11 is 0. The van der Waals surface area contributed by atoms with Crippen LogP contribution >= 0.6 is 0 Å². The Labute approximate surface area is 139 Å². The zero-order valence-corrected chi connectivity index (χ0v) is 13.2. The maximum atomic E-state index is 9.96. The van der Waals surface area contributed by atoms with Gasteiger partial charge < -0.3 is 15.6 Å². The summed E-state index contributed by atoms with van der Waals surface area (Å²) in [4.78, 5) is 12.5. The molecule has 2 aromatic heterocycles. The molecule has 124 valence electrons. The number of aromatic nitrogens is 4.